The van der Waals surface area contributed by atoms with Gasteiger partial charge >= 0.3 is 0 Å². The molecule has 0 aliphatic carbocycles. The first kappa shape index (κ1) is 44.3. The molecule has 8 heteroatoms. The molecule has 1 amide bonds. The lowest BCUT2D eigenvalue weighted by molar-refractivity contribution is -0.130. The van der Waals surface area contributed by atoms with E-state index in [0.717, 1.165) is 44.9 Å². The summed E-state index contributed by atoms with van der Waals surface area (Å²) in [4.78, 5) is 12.5. The van der Waals surface area contributed by atoms with E-state index >= 15 is 0 Å². The monoisotopic (exact) mass is 667 g/mol. The maximum atomic E-state index is 12.5. The molecule has 46 heavy (non-hydrogen) atoms. The molecule has 3 unspecified atom stereocenters. The fourth-order valence-electron chi connectivity index (χ4n) is 5.27. The van der Waals surface area contributed by atoms with Crippen molar-refractivity contribution in [1.29, 1.82) is 0 Å². The SMILES string of the molecule is CC/C=C\C/C=C\CCCCCCCCCCCCCCCC(O)C(=O)NC(CS(=O)(=O)O)C(O)/C=C/CC/C=C/CCCCC. The average molecular weight is 668 g/mol. The minimum absolute atomic E-state index is 0.271. The topological polar surface area (TPSA) is 124 Å². The van der Waals surface area contributed by atoms with Crippen LogP contribution in [0.15, 0.2) is 48.6 Å². The summed E-state index contributed by atoms with van der Waals surface area (Å²) in [5, 5.41) is 23.2. The first-order valence-corrected chi connectivity index (χ1v) is 20.1. The van der Waals surface area contributed by atoms with E-state index in [9.17, 15) is 28.0 Å². The first-order valence-electron chi connectivity index (χ1n) is 18.4. The summed E-state index contributed by atoms with van der Waals surface area (Å²) in [5.41, 5.74) is 0. The molecular formula is C38H69NO6S. The fraction of sp³-hybridized carbons (Fsp3) is 0.763. The van der Waals surface area contributed by atoms with Gasteiger partial charge in [-0.2, -0.15) is 8.42 Å². The fourth-order valence-corrected chi connectivity index (χ4v) is 6.01. The molecule has 0 aromatic rings. The largest absolute Gasteiger partial charge is 0.387 e. The quantitative estimate of drug-likeness (QED) is 0.0322. The third kappa shape index (κ3) is 30.9. The number of allylic oxidation sites excluding steroid dienone is 7. The summed E-state index contributed by atoms with van der Waals surface area (Å²) < 4.78 is 32.3. The van der Waals surface area contributed by atoms with Crippen LogP contribution in [0.4, 0.5) is 0 Å². The third-order valence-electron chi connectivity index (χ3n) is 8.10. The number of aliphatic hydroxyl groups is 2. The van der Waals surface area contributed by atoms with Crippen LogP contribution in [0.2, 0.25) is 0 Å². The Labute approximate surface area is 282 Å². The Morgan fingerprint density at radius 3 is 1.67 bits per heavy atom. The lowest BCUT2D eigenvalue weighted by Gasteiger charge is -2.22. The summed E-state index contributed by atoms with van der Waals surface area (Å²) in [6.45, 7) is 4.33. The molecular weight excluding hydrogens is 598 g/mol. The second kappa shape index (κ2) is 31.8. The standard InChI is InChI=1S/C38H69NO6S/c1-3-5-7-9-11-13-14-15-16-17-18-19-20-21-22-23-25-27-29-31-33-37(41)38(42)39-35(34-46(43,44)45)36(40)32-30-28-26-24-12-10-8-6-4-2/h5,7,11-13,24,30,32,35-37,40-41H,3-4,6,8-10,14-23,25-29,31,33-34H2,1-2H3,(H,39,42)(H,43,44,45)/b7-5-,13-11-,24-12+,32-30+. The number of rotatable bonds is 32. The molecule has 0 bridgehead atoms. The van der Waals surface area contributed by atoms with E-state index in [-0.39, 0.29) is 6.42 Å². The molecule has 0 radical (unpaired) electrons. The van der Waals surface area contributed by atoms with Gasteiger partial charge in [-0.25, -0.2) is 0 Å². The van der Waals surface area contributed by atoms with Crippen molar-refractivity contribution >= 4 is 16.0 Å². The summed E-state index contributed by atoms with van der Waals surface area (Å²) in [7, 11) is -4.44. The Hall–Kier alpha value is -1.74. The van der Waals surface area contributed by atoms with Crippen LogP contribution in [0, 0.1) is 0 Å². The third-order valence-corrected chi connectivity index (χ3v) is 8.88. The Bertz CT molecular complexity index is 927. The zero-order valence-electron chi connectivity index (χ0n) is 29.3. The van der Waals surface area contributed by atoms with Crippen molar-refractivity contribution in [2.24, 2.45) is 0 Å². The highest BCUT2D eigenvalue weighted by molar-refractivity contribution is 7.85. The Balaban J connectivity index is 3.99. The molecule has 0 saturated carbocycles. The van der Waals surface area contributed by atoms with E-state index in [4.69, 9.17) is 0 Å². The summed E-state index contributed by atoms with van der Waals surface area (Å²) in [5.74, 6) is -1.56. The van der Waals surface area contributed by atoms with Crippen LogP contribution in [0.1, 0.15) is 162 Å². The Morgan fingerprint density at radius 2 is 1.11 bits per heavy atom. The van der Waals surface area contributed by atoms with Gasteiger partial charge in [0.2, 0.25) is 5.91 Å². The molecule has 268 valence electrons. The smallest absolute Gasteiger partial charge is 0.267 e. The van der Waals surface area contributed by atoms with Crippen LogP contribution in [-0.2, 0) is 14.9 Å². The van der Waals surface area contributed by atoms with Gasteiger partial charge in [0.1, 0.15) is 6.10 Å². The Morgan fingerprint density at radius 1 is 0.630 bits per heavy atom. The molecule has 3 atom stereocenters. The molecule has 0 rings (SSSR count). The van der Waals surface area contributed by atoms with Crippen molar-refractivity contribution < 1.29 is 28.0 Å². The van der Waals surface area contributed by atoms with Gasteiger partial charge in [0.15, 0.2) is 0 Å². The van der Waals surface area contributed by atoms with Gasteiger partial charge in [-0.3, -0.25) is 9.35 Å². The van der Waals surface area contributed by atoms with Crippen LogP contribution in [0.3, 0.4) is 0 Å². The van der Waals surface area contributed by atoms with Crippen LogP contribution in [0.25, 0.3) is 0 Å². The number of carbonyl (C=O) groups excluding carboxylic acids is 1. The maximum Gasteiger partial charge on any atom is 0.267 e. The molecule has 0 aromatic carbocycles. The second-order valence-corrected chi connectivity index (χ2v) is 14.1. The number of unbranched alkanes of at least 4 members (excludes halogenated alkanes) is 17. The van der Waals surface area contributed by atoms with Crippen molar-refractivity contribution in [3.05, 3.63) is 48.6 Å². The zero-order chi connectivity index (χ0) is 34.1. The molecule has 0 fully saturated rings. The second-order valence-electron chi connectivity index (χ2n) is 12.6. The summed E-state index contributed by atoms with van der Waals surface area (Å²) >= 11 is 0. The van der Waals surface area contributed by atoms with Crippen LogP contribution in [-0.4, -0.2) is 53.1 Å². The molecule has 4 N–H and O–H groups in total. The van der Waals surface area contributed by atoms with Gasteiger partial charge in [0.05, 0.1) is 17.9 Å². The normalized spacial score (nSPS) is 14.6. The van der Waals surface area contributed by atoms with Crippen LogP contribution >= 0.6 is 0 Å². The highest BCUT2D eigenvalue weighted by Crippen LogP contribution is 2.14. The summed E-state index contributed by atoms with van der Waals surface area (Å²) in [6, 6.07) is -1.25. The number of hydrogen-bond acceptors (Lipinski definition) is 5. The predicted molar refractivity (Wildman–Crippen MR) is 194 cm³/mol. The molecule has 0 aliphatic heterocycles. The number of aliphatic hydroxyl groups excluding tert-OH is 2. The van der Waals surface area contributed by atoms with Crippen molar-refractivity contribution in [2.75, 3.05) is 5.75 Å². The van der Waals surface area contributed by atoms with E-state index in [1.165, 1.54) is 89.5 Å². The van der Waals surface area contributed by atoms with E-state index in [1.54, 1.807) is 6.08 Å². The van der Waals surface area contributed by atoms with Crippen molar-refractivity contribution in [3.63, 3.8) is 0 Å². The minimum atomic E-state index is -4.44. The van der Waals surface area contributed by atoms with E-state index < -0.39 is 40.0 Å². The lowest BCUT2D eigenvalue weighted by atomic mass is 10.0. The van der Waals surface area contributed by atoms with E-state index in [0.29, 0.717) is 12.8 Å². The molecule has 7 nitrogen and oxygen atoms in total. The molecule has 0 heterocycles. The molecule has 0 spiro atoms. The minimum Gasteiger partial charge on any atom is -0.387 e. The summed E-state index contributed by atoms with van der Waals surface area (Å²) in [6.07, 6.45) is 39.0. The average Bonchev–Trinajstić information content (AvgIpc) is 3.01. The van der Waals surface area contributed by atoms with Gasteiger partial charge in [-0.05, 0) is 57.8 Å². The van der Waals surface area contributed by atoms with Crippen molar-refractivity contribution in [1.82, 2.24) is 5.32 Å². The molecule has 0 saturated heterocycles. The first-order chi connectivity index (χ1) is 22.2. The highest BCUT2D eigenvalue weighted by atomic mass is 32.2. The van der Waals surface area contributed by atoms with Crippen molar-refractivity contribution in [3.8, 4) is 0 Å². The molecule has 0 aromatic heterocycles. The predicted octanol–water partition coefficient (Wildman–Crippen LogP) is 9.32. The van der Waals surface area contributed by atoms with E-state index in [1.807, 2.05) is 0 Å². The maximum absolute atomic E-state index is 12.5. The van der Waals surface area contributed by atoms with Gasteiger partial charge in [-0.15, -0.1) is 0 Å². The lowest BCUT2D eigenvalue weighted by Crippen LogP contribution is -2.50. The zero-order valence-corrected chi connectivity index (χ0v) is 30.1. The van der Waals surface area contributed by atoms with Crippen molar-refractivity contribution in [2.45, 2.75) is 180 Å². The van der Waals surface area contributed by atoms with Crippen LogP contribution in [0.5, 0.6) is 0 Å². The van der Waals surface area contributed by atoms with Gasteiger partial charge < -0.3 is 15.5 Å². The van der Waals surface area contributed by atoms with E-state index in [2.05, 4.69) is 55.6 Å². The van der Waals surface area contributed by atoms with Crippen LogP contribution < -0.4 is 5.32 Å². The number of hydrogen-bond donors (Lipinski definition) is 4. The number of amides is 1. The number of carbonyl (C=O) groups is 1. The van der Waals surface area contributed by atoms with Gasteiger partial charge in [0.25, 0.3) is 10.1 Å². The van der Waals surface area contributed by atoms with Gasteiger partial charge in [-0.1, -0.05) is 152 Å². The number of nitrogens with one attached hydrogen (secondary N) is 1. The Kier molecular flexibility index (Phi) is 30.6. The van der Waals surface area contributed by atoms with Gasteiger partial charge in [0, 0.05) is 0 Å². The molecule has 0 aliphatic rings. The highest BCUT2D eigenvalue weighted by Gasteiger charge is 2.27.